The largest absolute Gasteiger partial charge is 0.358 e. The number of likely N-dealkylation sites (tertiary alicyclic amines) is 1. The lowest BCUT2D eigenvalue weighted by Gasteiger charge is -2.34. The van der Waals surface area contributed by atoms with Gasteiger partial charge >= 0.3 is 6.03 Å². The summed E-state index contributed by atoms with van der Waals surface area (Å²) in [6, 6.07) is 0.425. The van der Waals surface area contributed by atoms with Crippen molar-refractivity contribution in [3.05, 3.63) is 0 Å². The van der Waals surface area contributed by atoms with Gasteiger partial charge in [0.25, 0.3) is 0 Å². The molecule has 86 valence electrons. The number of rotatable bonds is 1. The first-order valence-corrected chi connectivity index (χ1v) is 5.96. The molecule has 2 heterocycles. The summed E-state index contributed by atoms with van der Waals surface area (Å²) in [6.07, 6.45) is 5.45. The van der Waals surface area contributed by atoms with E-state index < -0.39 is 0 Å². The molecular weight excluding hydrogens is 192 g/mol. The van der Waals surface area contributed by atoms with Crippen LogP contribution < -0.4 is 5.32 Å². The van der Waals surface area contributed by atoms with Crippen molar-refractivity contribution in [2.45, 2.75) is 51.3 Å². The molecule has 2 aliphatic heterocycles. The van der Waals surface area contributed by atoms with Crippen molar-refractivity contribution in [1.29, 1.82) is 0 Å². The summed E-state index contributed by atoms with van der Waals surface area (Å²) >= 11 is 0. The quantitative estimate of drug-likeness (QED) is 0.719. The second kappa shape index (κ2) is 4.84. The molecule has 2 atom stereocenters. The molecular formula is C11H20N2O2. The zero-order chi connectivity index (χ0) is 10.7. The number of hydrogen-bond acceptors (Lipinski definition) is 2. The Morgan fingerprint density at radius 1 is 1.33 bits per heavy atom. The monoisotopic (exact) mass is 212 g/mol. The molecule has 2 unspecified atom stereocenters. The fourth-order valence-electron chi connectivity index (χ4n) is 2.31. The van der Waals surface area contributed by atoms with E-state index in [4.69, 9.17) is 4.74 Å². The van der Waals surface area contributed by atoms with Crippen LogP contribution in [0.1, 0.15) is 39.0 Å². The summed E-state index contributed by atoms with van der Waals surface area (Å²) in [5, 5.41) is 2.94. The minimum Gasteiger partial charge on any atom is -0.358 e. The van der Waals surface area contributed by atoms with Gasteiger partial charge < -0.3 is 15.0 Å². The Labute approximate surface area is 91.0 Å². The number of ether oxygens (including phenoxy) is 1. The fraction of sp³-hybridized carbons (Fsp3) is 0.909. The van der Waals surface area contributed by atoms with E-state index in [1.165, 1.54) is 6.42 Å². The highest BCUT2D eigenvalue weighted by atomic mass is 16.5. The van der Waals surface area contributed by atoms with E-state index >= 15 is 0 Å². The molecule has 0 aliphatic carbocycles. The lowest BCUT2D eigenvalue weighted by molar-refractivity contribution is 0.0774. The maximum absolute atomic E-state index is 11.9. The van der Waals surface area contributed by atoms with Gasteiger partial charge in [-0.15, -0.1) is 0 Å². The van der Waals surface area contributed by atoms with E-state index in [0.717, 1.165) is 38.8 Å². The Morgan fingerprint density at radius 3 is 2.87 bits per heavy atom. The van der Waals surface area contributed by atoms with Gasteiger partial charge in [-0.1, -0.05) is 0 Å². The highest BCUT2D eigenvalue weighted by Gasteiger charge is 2.26. The molecule has 0 spiro atoms. The molecule has 0 bridgehead atoms. The lowest BCUT2D eigenvalue weighted by atomic mass is 10.0. The number of nitrogens with zero attached hydrogens (tertiary/aromatic N) is 1. The van der Waals surface area contributed by atoms with Crippen LogP contribution in [0.4, 0.5) is 4.79 Å². The third kappa shape index (κ3) is 2.62. The van der Waals surface area contributed by atoms with Crippen molar-refractivity contribution in [1.82, 2.24) is 10.2 Å². The molecule has 2 aliphatic rings. The summed E-state index contributed by atoms with van der Waals surface area (Å²) in [6.45, 7) is 3.79. The maximum atomic E-state index is 11.9. The van der Waals surface area contributed by atoms with Gasteiger partial charge in [0.2, 0.25) is 0 Å². The van der Waals surface area contributed by atoms with Crippen LogP contribution in [0.15, 0.2) is 0 Å². The van der Waals surface area contributed by atoms with Crippen molar-refractivity contribution in [2.75, 3.05) is 13.2 Å². The normalized spacial score (nSPS) is 31.7. The summed E-state index contributed by atoms with van der Waals surface area (Å²) in [5.74, 6) is 0. The molecule has 2 saturated heterocycles. The topological polar surface area (TPSA) is 41.6 Å². The van der Waals surface area contributed by atoms with Gasteiger partial charge in [0.15, 0.2) is 0 Å². The molecule has 2 fully saturated rings. The average molecular weight is 212 g/mol. The van der Waals surface area contributed by atoms with Crippen molar-refractivity contribution in [3.8, 4) is 0 Å². The smallest absolute Gasteiger partial charge is 0.319 e. The molecule has 0 aromatic rings. The van der Waals surface area contributed by atoms with Crippen LogP contribution in [0.5, 0.6) is 0 Å². The van der Waals surface area contributed by atoms with E-state index in [0.29, 0.717) is 6.04 Å². The predicted octanol–water partition coefficient (Wildman–Crippen LogP) is 1.71. The number of amides is 2. The van der Waals surface area contributed by atoms with Gasteiger partial charge in [-0.05, 0) is 39.0 Å². The van der Waals surface area contributed by atoms with Crippen LogP contribution in [0.3, 0.4) is 0 Å². The predicted molar refractivity (Wildman–Crippen MR) is 57.5 cm³/mol. The molecule has 2 amide bonds. The van der Waals surface area contributed by atoms with Gasteiger partial charge in [-0.3, -0.25) is 0 Å². The van der Waals surface area contributed by atoms with Crippen LogP contribution in [0.2, 0.25) is 0 Å². The third-order valence-corrected chi connectivity index (χ3v) is 3.28. The third-order valence-electron chi connectivity index (χ3n) is 3.28. The Hall–Kier alpha value is -0.770. The first-order chi connectivity index (χ1) is 7.27. The van der Waals surface area contributed by atoms with Gasteiger partial charge in [-0.2, -0.15) is 0 Å². The van der Waals surface area contributed by atoms with E-state index in [-0.39, 0.29) is 12.3 Å². The molecule has 0 aromatic heterocycles. The van der Waals surface area contributed by atoms with Crippen LogP contribution in [0, 0.1) is 0 Å². The molecule has 0 radical (unpaired) electrons. The number of nitrogens with one attached hydrogen (secondary N) is 1. The minimum absolute atomic E-state index is 0.0494. The Kier molecular flexibility index (Phi) is 3.46. The van der Waals surface area contributed by atoms with Crippen LogP contribution >= 0.6 is 0 Å². The SMILES string of the molecule is CC1CCCCN1C(=O)NC1CCCO1. The number of carbonyl (C=O) groups excluding carboxylic acids is 1. The second-order valence-corrected chi connectivity index (χ2v) is 4.49. The molecule has 0 saturated carbocycles. The number of urea groups is 1. The second-order valence-electron chi connectivity index (χ2n) is 4.49. The van der Waals surface area contributed by atoms with E-state index in [2.05, 4.69) is 12.2 Å². The number of carbonyl (C=O) groups is 1. The number of hydrogen-bond donors (Lipinski definition) is 1. The molecule has 15 heavy (non-hydrogen) atoms. The van der Waals surface area contributed by atoms with Crippen molar-refractivity contribution in [2.24, 2.45) is 0 Å². The molecule has 2 rings (SSSR count). The number of piperidine rings is 1. The van der Waals surface area contributed by atoms with E-state index in [1.54, 1.807) is 0 Å². The highest BCUT2D eigenvalue weighted by molar-refractivity contribution is 5.74. The summed E-state index contributed by atoms with van der Waals surface area (Å²) in [4.78, 5) is 13.8. The van der Waals surface area contributed by atoms with E-state index in [9.17, 15) is 4.79 Å². The first-order valence-electron chi connectivity index (χ1n) is 5.96. The zero-order valence-electron chi connectivity index (χ0n) is 9.37. The Morgan fingerprint density at radius 2 is 2.20 bits per heavy atom. The molecule has 1 N–H and O–H groups in total. The molecule has 0 aromatic carbocycles. The van der Waals surface area contributed by atoms with Crippen molar-refractivity contribution < 1.29 is 9.53 Å². The van der Waals surface area contributed by atoms with E-state index in [1.807, 2.05) is 4.90 Å². The van der Waals surface area contributed by atoms with Crippen LogP contribution in [0.25, 0.3) is 0 Å². The first kappa shape index (κ1) is 10.7. The maximum Gasteiger partial charge on any atom is 0.319 e. The molecule has 4 nitrogen and oxygen atoms in total. The summed E-state index contributed by atoms with van der Waals surface area (Å²) in [7, 11) is 0. The highest BCUT2D eigenvalue weighted by Crippen LogP contribution is 2.17. The molecule has 4 heteroatoms. The van der Waals surface area contributed by atoms with Gasteiger partial charge in [0, 0.05) is 19.2 Å². The fourth-order valence-corrected chi connectivity index (χ4v) is 2.31. The minimum atomic E-state index is -0.0494. The van der Waals surface area contributed by atoms with Gasteiger partial charge in [-0.25, -0.2) is 4.79 Å². The lowest BCUT2D eigenvalue weighted by Crippen LogP contribution is -2.50. The van der Waals surface area contributed by atoms with Gasteiger partial charge in [0.1, 0.15) is 6.23 Å². The van der Waals surface area contributed by atoms with Crippen LogP contribution in [-0.2, 0) is 4.74 Å². The Balaban J connectivity index is 1.83. The summed E-state index contributed by atoms with van der Waals surface area (Å²) < 4.78 is 5.39. The van der Waals surface area contributed by atoms with Gasteiger partial charge in [0.05, 0.1) is 0 Å². The zero-order valence-corrected chi connectivity index (χ0v) is 9.37. The Bertz CT molecular complexity index is 227. The van der Waals surface area contributed by atoms with Crippen molar-refractivity contribution >= 4 is 6.03 Å². The van der Waals surface area contributed by atoms with Crippen molar-refractivity contribution in [3.63, 3.8) is 0 Å². The van der Waals surface area contributed by atoms with Crippen LogP contribution in [-0.4, -0.2) is 36.4 Å². The standard InChI is InChI=1S/C11H20N2O2/c1-9-5-2-3-7-13(9)11(14)12-10-6-4-8-15-10/h9-10H,2-8H2,1H3,(H,12,14). The summed E-state index contributed by atoms with van der Waals surface area (Å²) in [5.41, 5.74) is 0. The average Bonchev–Trinajstić information content (AvgIpc) is 2.71.